The highest BCUT2D eigenvalue weighted by Gasteiger charge is 2.13. The Bertz CT molecular complexity index is 352. The Kier molecular flexibility index (Phi) is 4.95. The van der Waals surface area contributed by atoms with Crippen LogP contribution in [0.1, 0.15) is 31.7 Å². The van der Waals surface area contributed by atoms with Crippen LogP contribution in [0.2, 0.25) is 0 Å². The zero-order chi connectivity index (χ0) is 12.0. The van der Waals surface area contributed by atoms with Crippen molar-refractivity contribution in [1.82, 2.24) is 0 Å². The molecule has 0 saturated heterocycles. The highest BCUT2D eigenvalue weighted by atomic mass is 16.2. The summed E-state index contributed by atoms with van der Waals surface area (Å²) in [5, 5.41) is 1.21. The van der Waals surface area contributed by atoms with Crippen LogP contribution in [0.3, 0.4) is 0 Å². The zero-order valence-corrected chi connectivity index (χ0v) is 9.65. The van der Waals surface area contributed by atoms with Gasteiger partial charge in [0, 0.05) is 13.0 Å². The number of rotatable bonds is 5. The van der Waals surface area contributed by atoms with E-state index >= 15 is 0 Å². The second-order valence-electron chi connectivity index (χ2n) is 3.70. The maximum atomic E-state index is 11.7. The minimum absolute atomic E-state index is 0.0669. The number of nitrogens with two attached hydrogens (primary N) is 2. The molecule has 0 spiro atoms. The number of carbonyl (C=O) groups is 1. The molecular formula is C12H19N3O. The van der Waals surface area contributed by atoms with Gasteiger partial charge in [-0.3, -0.25) is 4.79 Å². The average molecular weight is 221 g/mol. The van der Waals surface area contributed by atoms with Crippen LogP contribution in [0.25, 0.3) is 0 Å². The third-order valence-corrected chi connectivity index (χ3v) is 2.48. The van der Waals surface area contributed by atoms with E-state index in [0.717, 1.165) is 18.4 Å². The topological polar surface area (TPSA) is 72.3 Å². The molecule has 0 radical (unpaired) electrons. The van der Waals surface area contributed by atoms with E-state index in [1.54, 1.807) is 0 Å². The first kappa shape index (κ1) is 12.7. The van der Waals surface area contributed by atoms with E-state index in [-0.39, 0.29) is 5.91 Å². The van der Waals surface area contributed by atoms with Crippen LogP contribution >= 0.6 is 0 Å². The normalized spacial score (nSPS) is 10.2. The molecule has 1 amide bonds. The lowest BCUT2D eigenvalue weighted by atomic mass is 10.1. The molecule has 1 aromatic rings. The zero-order valence-electron chi connectivity index (χ0n) is 9.65. The van der Waals surface area contributed by atoms with E-state index in [1.165, 1.54) is 5.01 Å². The molecule has 4 nitrogen and oxygen atoms in total. The van der Waals surface area contributed by atoms with Crippen molar-refractivity contribution in [1.29, 1.82) is 0 Å². The molecule has 0 aliphatic heterocycles. The summed E-state index contributed by atoms with van der Waals surface area (Å²) in [6, 6.07) is 7.42. The molecule has 0 bridgehead atoms. The standard InChI is InChI=1S/C12H19N3O/c1-2-3-8-12(16)15(14)11-7-5-4-6-10(11)9-13/h4-7H,2-3,8-9,13-14H2,1H3. The van der Waals surface area contributed by atoms with Gasteiger partial charge >= 0.3 is 0 Å². The molecule has 0 fully saturated rings. The van der Waals surface area contributed by atoms with Crippen molar-refractivity contribution in [2.45, 2.75) is 32.7 Å². The Morgan fingerprint density at radius 2 is 2.06 bits per heavy atom. The van der Waals surface area contributed by atoms with E-state index < -0.39 is 0 Å². The Labute approximate surface area is 96.2 Å². The van der Waals surface area contributed by atoms with Crippen molar-refractivity contribution in [3.8, 4) is 0 Å². The Balaban J connectivity index is 2.78. The van der Waals surface area contributed by atoms with Gasteiger partial charge in [0.05, 0.1) is 5.69 Å². The summed E-state index contributed by atoms with van der Waals surface area (Å²) in [5.74, 6) is 5.72. The summed E-state index contributed by atoms with van der Waals surface area (Å²) in [6.45, 7) is 2.42. The second kappa shape index (κ2) is 6.25. The number of hydrazine groups is 1. The maximum absolute atomic E-state index is 11.7. The lowest BCUT2D eigenvalue weighted by Crippen LogP contribution is -2.38. The van der Waals surface area contributed by atoms with Crippen LogP contribution in [0, 0.1) is 0 Å². The molecule has 1 aromatic carbocycles. The van der Waals surface area contributed by atoms with E-state index in [0.29, 0.717) is 18.7 Å². The van der Waals surface area contributed by atoms with Gasteiger partial charge in [-0.15, -0.1) is 0 Å². The Morgan fingerprint density at radius 1 is 1.38 bits per heavy atom. The Morgan fingerprint density at radius 3 is 2.69 bits per heavy atom. The summed E-state index contributed by atoms with van der Waals surface area (Å²) in [6.07, 6.45) is 2.32. The lowest BCUT2D eigenvalue weighted by Gasteiger charge is -2.19. The first-order chi connectivity index (χ1) is 7.70. The molecule has 0 aliphatic carbocycles. The van der Waals surface area contributed by atoms with Gasteiger partial charge in [0.15, 0.2) is 0 Å². The average Bonchev–Trinajstić information content (AvgIpc) is 2.34. The second-order valence-corrected chi connectivity index (χ2v) is 3.70. The SMILES string of the molecule is CCCCC(=O)N(N)c1ccccc1CN. The van der Waals surface area contributed by atoms with Crippen LogP contribution in [0.5, 0.6) is 0 Å². The molecule has 0 aliphatic rings. The molecule has 0 heterocycles. The quantitative estimate of drug-likeness (QED) is 0.450. The first-order valence-corrected chi connectivity index (χ1v) is 5.56. The fraction of sp³-hybridized carbons (Fsp3) is 0.417. The number of hydrogen-bond acceptors (Lipinski definition) is 3. The third-order valence-electron chi connectivity index (χ3n) is 2.48. The van der Waals surface area contributed by atoms with Crippen molar-refractivity contribution in [2.75, 3.05) is 5.01 Å². The highest BCUT2D eigenvalue weighted by molar-refractivity contribution is 5.92. The summed E-state index contributed by atoms with van der Waals surface area (Å²) in [7, 11) is 0. The Hall–Kier alpha value is -1.39. The van der Waals surface area contributed by atoms with Crippen molar-refractivity contribution in [2.24, 2.45) is 11.6 Å². The summed E-state index contributed by atoms with van der Waals surface area (Å²) >= 11 is 0. The van der Waals surface area contributed by atoms with Crippen molar-refractivity contribution in [3.05, 3.63) is 29.8 Å². The number of carbonyl (C=O) groups excluding carboxylic acids is 1. The van der Waals surface area contributed by atoms with Crippen LogP contribution in [0.15, 0.2) is 24.3 Å². The highest BCUT2D eigenvalue weighted by Crippen LogP contribution is 2.18. The fourth-order valence-electron chi connectivity index (χ4n) is 1.50. The number of hydrogen-bond donors (Lipinski definition) is 2. The van der Waals surface area contributed by atoms with Crippen molar-refractivity contribution < 1.29 is 4.79 Å². The largest absolute Gasteiger partial charge is 0.326 e. The minimum Gasteiger partial charge on any atom is -0.326 e. The van der Waals surface area contributed by atoms with E-state index in [1.807, 2.05) is 31.2 Å². The summed E-state index contributed by atoms with van der Waals surface area (Å²) in [5.41, 5.74) is 7.18. The van der Waals surface area contributed by atoms with Crippen LogP contribution in [0.4, 0.5) is 5.69 Å². The number of amides is 1. The molecule has 4 heteroatoms. The van der Waals surface area contributed by atoms with Gasteiger partial charge in [-0.1, -0.05) is 31.5 Å². The van der Waals surface area contributed by atoms with Gasteiger partial charge in [-0.25, -0.2) is 10.9 Å². The third kappa shape index (κ3) is 3.05. The van der Waals surface area contributed by atoms with Gasteiger partial charge in [0.2, 0.25) is 5.91 Å². The molecule has 0 atom stereocenters. The fourth-order valence-corrected chi connectivity index (χ4v) is 1.50. The monoisotopic (exact) mass is 221 g/mol. The van der Waals surface area contributed by atoms with Gasteiger partial charge < -0.3 is 5.73 Å². The van der Waals surface area contributed by atoms with Gasteiger partial charge in [0.25, 0.3) is 0 Å². The number of nitrogens with zero attached hydrogens (tertiary/aromatic N) is 1. The van der Waals surface area contributed by atoms with Crippen LogP contribution in [-0.4, -0.2) is 5.91 Å². The van der Waals surface area contributed by atoms with Crippen LogP contribution in [-0.2, 0) is 11.3 Å². The molecule has 0 aromatic heterocycles. The first-order valence-electron chi connectivity index (χ1n) is 5.56. The predicted molar refractivity (Wildman–Crippen MR) is 65.5 cm³/mol. The maximum Gasteiger partial charge on any atom is 0.241 e. The van der Waals surface area contributed by atoms with E-state index in [2.05, 4.69) is 0 Å². The number of anilines is 1. The number of para-hydroxylation sites is 1. The van der Waals surface area contributed by atoms with Gasteiger partial charge in [-0.2, -0.15) is 0 Å². The van der Waals surface area contributed by atoms with Gasteiger partial charge in [0.1, 0.15) is 0 Å². The number of benzene rings is 1. The molecule has 1 rings (SSSR count). The molecule has 0 unspecified atom stereocenters. The smallest absolute Gasteiger partial charge is 0.241 e. The molecule has 16 heavy (non-hydrogen) atoms. The molecule has 88 valence electrons. The van der Waals surface area contributed by atoms with Crippen molar-refractivity contribution >= 4 is 11.6 Å². The van der Waals surface area contributed by atoms with E-state index in [4.69, 9.17) is 11.6 Å². The molecular weight excluding hydrogens is 202 g/mol. The lowest BCUT2D eigenvalue weighted by molar-refractivity contribution is -0.118. The van der Waals surface area contributed by atoms with Crippen LogP contribution < -0.4 is 16.6 Å². The predicted octanol–water partition coefficient (Wildman–Crippen LogP) is 1.54. The number of unbranched alkanes of at least 4 members (excludes halogenated alkanes) is 1. The summed E-state index contributed by atoms with van der Waals surface area (Å²) in [4.78, 5) is 11.7. The van der Waals surface area contributed by atoms with Crippen molar-refractivity contribution in [3.63, 3.8) is 0 Å². The summed E-state index contributed by atoms with van der Waals surface area (Å²) < 4.78 is 0. The molecule has 4 N–H and O–H groups in total. The molecule has 0 saturated carbocycles. The van der Waals surface area contributed by atoms with E-state index in [9.17, 15) is 4.79 Å². The van der Waals surface area contributed by atoms with Gasteiger partial charge in [-0.05, 0) is 18.1 Å². The minimum atomic E-state index is -0.0669.